The first-order chi connectivity index (χ1) is 9.40. The van der Waals surface area contributed by atoms with Gasteiger partial charge < -0.3 is 5.32 Å². The molecule has 1 N–H and O–H groups in total. The van der Waals surface area contributed by atoms with E-state index in [1.165, 1.54) is 70.9 Å². The number of thiazole rings is 1. The van der Waals surface area contributed by atoms with E-state index in [2.05, 4.69) is 23.5 Å². The van der Waals surface area contributed by atoms with Gasteiger partial charge in [0.2, 0.25) is 0 Å². The lowest BCUT2D eigenvalue weighted by atomic mass is 10.0. The Balaban J connectivity index is 1.73. The maximum absolute atomic E-state index is 4.87. The van der Waals surface area contributed by atoms with Gasteiger partial charge in [-0.3, -0.25) is 0 Å². The van der Waals surface area contributed by atoms with Gasteiger partial charge in [0.05, 0.1) is 5.69 Å². The van der Waals surface area contributed by atoms with Crippen LogP contribution in [0.5, 0.6) is 0 Å². The van der Waals surface area contributed by atoms with E-state index >= 15 is 0 Å². The van der Waals surface area contributed by atoms with E-state index in [9.17, 15) is 0 Å². The number of hydrogen-bond donors (Lipinski definition) is 1. The standard InChI is InChI=1S/C16H18N2S/c1-2-6-15-14(5-1)18-16(19-15)12-7-8-13-11(10-12)4-3-9-17-13/h7-8,10,17H,1-6,9H2. The van der Waals surface area contributed by atoms with Crippen LogP contribution in [0.25, 0.3) is 10.6 Å². The summed E-state index contributed by atoms with van der Waals surface area (Å²) in [7, 11) is 0. The van der Waals surface area contributed by atoms with Crippen molar-refractivity contribution in [2.75, 3.05) is 11.9 Å². The zero-order chi connectivity index (χ0) is 12.7. The summed E-state index contributed by atoms with van der Waals surface area (Å²) in [5, 5.41) is 4.70. The van der Waals surface area contributed by atoms with Gasteiger partial charge in [-0.2, -0.15) is 0 Å². The molecule has 2 heterocycles. The van der Waals surface area contributed by atoms with Crippen molar-refractivity contribution in [3.05, 3.63) is 34.3 Å². The maximum atomic E-state index is 4.87. The van der Waals surface area contributed by atoms with Gasteiger partial charge in [-0.1, -0.05) is 0 Å². The Morgan fingerprint density at radius 1 is 1.05 bits per heavy atom. The SMILES string of the molecule is c1cc2c(cc1-c1nc3c(s1)CCCC3)CCCN2. The molecule has 19 heavy (non-hydrogen) atoms. The van der Waals surface area contributed by atoms with Crippen LogP contribution in [0.15, 0.2) is 18.2 Å². The number of hydrogen-bond acceptors (Lipinski definition) is 3. The second-order valence-corrected chi connectivity index (χ2v) is 6.58. The molecule has 4 rings (SSSR count). The van der Waals surface area contributed by atoms with Gasteiger partial charge in [0.25, 0.3) is 0 Å². The first kappa shape index (κ1) is 11.5. The van der Waals surface area contributed by atoms with Crippen LogP contribution in [0.1, 0.15) is 35.4 Å². The molecule has 0 saturated heterocycles. The topological polar surface area (TPSA) is 24.9 Å². The smallest absolute Gasteiger partial charge is 0.123 e. The van der Waals surface area contributed by atoms with E-state index < -0.39 is 0 Å². The van der Waals surface area contributed by atoms with Crippen LogP contribution < -0.4 is 5.32 Å². The minimum absolute atomic E-state index is 1.11. The highest BCUT2D eigenvalue weighted by molar-refractivity contribution is 7.15. The zero-order valence-corrected chi connectivity index (χ0v) is 11.9. The third-order valence-corrected chi connectivity index (χ3v) is 5.34. The molecule has 0 atom stereocenters. The summed E-state index contributed by atoms with van der Waals surface area (Å²) in [5.41, 5.74) is 5.44. The molecule has 2 aliphatic rings. The van der Waals surface area contributed by atoms with Gasteiger partial charge in [0, 0.05) is 22.7 Å². The number of rotatable bonds is 1. The second-order valence-electron chi connectivity index (χ2n) is 5.50. The van der Waals surface area contributed by atoms with Crippen LogP contribution in [-0.2, 0) is 19.3 Å². The molecule has 98 valence electrons. The van der Waals surface area contributed by atoms with Gasteiger partial charge in [0.1, 0.15) is 5.01 Å². The van der Waals surface area contributed by atoms with E-state index in [0.717, 1.165) is 6.54 Å². The number of benzene rings is 1. The van der Waals surface area contributed by atoms with Crippen LogP contribution in [0.4, 0.5) is 5.69 Å². The summed E-state index contributed by atoms with van der Waals surface area (Å²) in [6, 6.07) is 6.79. The molecule has 3 heteroatoms. The van der Waals surface area contributed by atoms with Gasteiger partial charge >= 0.3 is 0 Å². The first-order valence-electron chi connectivity index (χ1n) is 7.26. The second kappa shape index (κ2) is 4.64. The number of nitrogens with one attached hydrogen (secondary N) is 1. The molecule has 0 radical (unpaired) electrons. The third-order valence-electron chi connectivity index (χ3n) is 4.14. The fraction of sp³-hybridized carbons (Fsp3) is 0.438. The molecule has 1 aromatic carbocycles. The molecule has 1 aliphatic carbocycles. The van der Waals surface area contributed by atoms with Gasteiger partial charge in [-0.05, 0) is 62.3 Å². The van der Waals surface area contributed by atoms with Crippen LogP contribution in [0.2, 0.25) is 0 Å². The summed E-state index contributed by atoms with van der Waals surface area (Å²) in [6.07, 6.45) is 7.50. The highest BCUT2D eigenvalue weighted by Gasteiger charge is 2.17. The molecule has 2 nitrogen and oxygen atoms in total. The number of aromatic nitrogens is 1. The normalized spacial score (nSPS) is 17.5. The number of nitrogens with zero attached hydrogens (tertiary/aromatic N) is 1. The van der Waals surface area contributed by atoms with E-state index in [4.69, 9.17) is 4.98 Å². The summed E-state index contributed by atoms with van der Waals surface area (Å²) in [4.78, 5) is 6.39. The van der Waals surface area contributed by atoms with Crippen LogP contribution >= 0.6 is 11.3 Å². The quantitative estimate of drug-likeness (QED) is 0.845. The Morgan fingerprint density at radius 2 is 2.00 bits per heavy atom. The average molecular weight is 270 g/mol. The van der Waals surface area contributed by atoms with Crippen LogP contribution in [0, 0.1) is 0 Å². The number of aryl methyl sites for hydroxylation is 3. The molecule has 0 spiro atoms. The van der Waals surface area contributed by atoms with Gasteiger partial charge in [-0.15, -0.1) is 11.3 Å². The third kappa shape index (κ3) is 2.06. The van der Waals surface area contributed by atoms with E-state index in [1.807, 2.05) is 11.3 Å². The lowest BCUT2D eigenvalue weighted by molar-refractivity contribution is 0.682. The summed E-state index contributed by atoms with van der Waals surface area (Å²) in [6.45, 7) is 1.11. The predicted octanol–water partition coefficient (Wildman–Crippen LogP) is 4.05. The van der Waals surface area contributed by atoms with E-state index in [0.29, 0.717) is 0 Å². The largest absolute Gasteiger partial charge is 0.385 e. The number of anilines is 1. The molecule has 0 amide bonds. The highest BCUT2D eigenvalue weighted by Crippen LogP contribution is 2.34. The lowest BCUT2D eigenvalue weighted by Gasteiger charge is -2.18. The Morgan fingerprint density at radius 3 is 2.95 bits per heavy atom. The Bertz CT molecular complexity index is 592. The van der Waals surface area contributed by atoms with Crippen molar-refractivity contribution >= 4 is 17.0 Å². The highest BCUT2D eigenvalue weighted by atomic mass is 32.1. The Hall–Kier alpha value is -1.35. The van der Waals surface area contributed by atoms with Crippen molar-refractivity contribution in [2.24, 2.45) is 0 Å². The molecular formula is C16H18N2S. The van der Waals surface area contributed by atoms with Gasteiger partial charge in [-0.25, -0.2) is 4.98 Å². The van der Waals surface area contributed by atoms with Crippen molar-refractivity contribution in [3.8, 4) is 10.6 Å². The van der Waals surface area contributed by atoms with E-state index in [-0.39, 0.29) is 0 Å². The minimum atomic E-state index is 1.11. The number of fused-ring (bicyclic) bond motifs is 2. The van der Waals surface area contributed by atoms with E-state index in [1.54, 1.807) is 0 Å². The average Bonchev–Trinajstić information content (AvgIpc) is 2.90. The summed E-state index contributed by atoms with van der Waals surface area (Å²) in [5.74, 6) is 0. The van der Waals surface area contributed by atoms with Crippen molar-refractivity contribution in [1.82, 2.24) is 4.98 Å². The monoisotopic (exact) mass is 270 g/mol. The van der Waals surface area contributed by atoms with Crippen molar-refractivity contribution in [3.63, 3.8) is 0 Å². The van der Waals surface area contributed by atoms with Gasteiger partial charge in [0.15, 0.2) is 0 Å². The predicted molar refractivity (Wildman–Crippen MR) is 81.0 cm³/mol. The maximum Gasteiger partial charge on any atom is 0.123 e. The summed E-state index contributed by atoms with van der Waals surface area (Å²) < 4.78 is 0. The molecule has 0 bridgehead atoms. The first-order valence-corrected chi connectivity index (χ1v) is 8.07. The minimum Gasteiger partial charge on any atom is -0.385 e. The van der Waals surface area contributed by atoms with Crippen molar-refractivity contribution in [1.29, 1.82) is 0 Å². The molecule has 2 aromatic rings. The molecule has 1 aromatic heterocycles. The Labute approximate surface area is 117 Å². The Kier molecular flexibility index (Phi) is 2.80. The summed E-state index contributed by atoms with van der Waals surface area (Å²) >= 11 is 1.91. The van der Waals surface area contributed by atoms with Crippen LogP contribution in [0.3, 0.4) is 0 Å². The molecule has 1 aliphatic heterocycles. The molecule has 0 unspecified atom stereocenters. The fourth-order valence-corrected chi connectivity index (χ4v) is 4.23. The van der Waals surface area contributed by atoms with Crippen molar-refractivity contribution in [2.45, 2.75) is 38.5 Å². The lowest BCUT2D eigenvalue weighted by Crippen LogP contribution is -2.11. The molecule has 0 fully saturated rings. The zero-order valence-electron chi connectivity index (χ0n) is 11.0. The molecule has 0 saturated carbocycles. The molecular weight excluding hydrogens is 252 g/mol. The fourth-order valence-electron chi connectivity index (χ4n) is 3.08. The van der Waals surface area contributed by atoms with Crippen LogP contribution in [-0.4, -0.2) is 11.5 Å². The van der Waals surface area contributed by atoms with Crippen molar-refractivity contribution < 1.29 is 0 Å².